The van der Waals surface area contributed by atoms with Gasteiger partial charge in [0.15, 0.2) is 0 Å². The molecule has 3 aromatic rings. The molecule has 134 valence electrons. The van der Waals surface area contributed by atoms with Gasteiger partial charge in [-0.05, 0) is 43.2 Å². The van der Waals surface area contributed by atoms with Crippen molar-refractivity contribution in [1.29, 1.82) is 0 Å². The second-order valence-corrected chi connectivity index (χ2v) is 6.10. The normalized spacial score (nSPS) is 10.8. The molecule has 1 amide bonds. The number of halogens is 3. The van der Waals surface area contributed by atoms with Gasteiger partial charge in [-0.3, -0.25) is 4.79 Å². The highest BCUT2D eigenvalue weighted by molar-refractivity contribution is 6.33. The summed E-state index contributed by atoms with van der Waals surface area (Å²) >= 11 is 6.06. The maximum Gasteiger partial charge on any atom is 0.257 e. The third kappa shape index (κ3) is 3.75. The fourth-order valence-corrected chi connectivity index (χ4v) is 2.89. The standard InChI is InChI=1S/C19H15ClF2N2O2/c1-11-16(18(24-26-11)17-14(20)6-3-7-15(17)22)19(25)23-9-8-12-4-2-5-13(21)10-12/h2-7,10H,8-9H2,1H3,(H,23,25). The minimum atomic E-state index is -0.598. The van der Waals surface area contributed by atoms with Gasteiger partial charge in [0.05, 0.1) is 10.6 Å². The molecule has 0 atom stereocenters. The van der Waals surface area contributed by atoms with Crippen LogP contribution in [-0.2, 0) is 6.42 Å². The van der Waals surface area contributed by atoms with Crippen molar-refractivity contribution >= 4 is 17.5 Å². The molecule has 0 radical (unpaired) electrons. The molecule has 2 aromatic carbocycles. The van der Waals surface area contributed by atoms with E-state index < -0.39 is 11.7 Å². The SMILES string of the molecule is Cc1onc(-c2c(F)cccc2Cl)c1C(=O)NCCc1cccc(F)c1. The minimum Gasteiger partial charge on any atom is -0.360 e. The number of benzene rings is 2. The van der Waals surface area contributed by atoms with Crippen molar-refractivity contribution < 1.29 is 18.1 Å². The van der Waals surface area contributed by atoms with Gasteiger partial charge in [0, 0.05) is 6.54 Å². The molecule has 0 aliphatic carbocycles. The Morgan fingerprint density at radius 1 is 1.23 bits per heavy atom. The van der Waals surface area contributed by atoms with Crippen LogP contribution in [0.15, 0.2) is 47.0 Å². The molecule has 1 heterocycles. The Balaban J connectivity index is 1.79. The summed E-state index contributed by atoms with van der Waals surface area (Å²) in [6, 6.07) is 10.3. The molecule has 1 N–H and O–H groups in total. The summed E-state index contributed by atoms with van der Waals surface area (Å²) in [6.07, 6.45) is 0.448. The van der Waals surface area contributed by atoms with Gasteiger partial charge < -0.3 is 9.84 Å². The summed E-state index contributed by atoms with van der Waals surface area (Å²) in [5.74, 6) is -1.14. The molecule has 7 heteroatoms. The Morgan fingerprint density at radius 2 is 2.00 bits per heavy atom. The number of nitrogens with one attached hydrogen (secondary N) is 1. The Bertz CT molecular complexity index is 936. The van der Waals surface area contributed by atoms with E-state index in [1.54, 1.807) is 19.1 Å². The minimum absolute atomic E-state index is 0.0151. The molecule has 3 rings (SSSR count). The first-order valence-electron chi connectivity index (χ1n) is 7.90. The van der Waals surface area contributed by atoms with Crippen LogP contribution in [-0.4, -0.2) is 17.6 Å². The zero-order chi connectivity index (χ0) is 18.7. The number of carbonyl (C=O) groups is 1. The number of hydrogen-bond donors (Lipinski definition) is 1. The Labute approximate surface area is 153 Å². The van der Waals surface area contributed by atoms with E-state index in [0.717, 1.165) is 5.56 Å². The predicted octanol–water partition coefficient (Wildman–Crippen LogP) is 4.55. The van der Waals surface area contributed by atoms with E-state index in [2.05, 4.69) is 10.5 Å². The quantitative estimate of drug-likeness (QED) is 0.710. The van der Waals surface area contributed by atoms with Gasteiger partial charge in [-0.15, -0.1) is 0 Å². The average Bonchev–Trinajstić information content (AvgIpc) is 2.96. The van der Waals surface area contributed by atoms with Crippen LogP contribution in [0.3, 0.4) is 0 Å². The lowest BCUT2D eigenvalue weighted by Gasteiger charge is -2.07. The van der Waals surface area contributed by atoms with E-state index in [0.29, 0.717) is 6.42 Å². The first-order valence-corrected chi connectivity index (χ1v) is 8.28. The summed E-state index contributed by atoms with van der Waals surface area (Å²) in [7, 11) is 0. The maximum atomic E-state index is 14.2. The second kappa shape index (κ2) is 7.66. The van der Waals surface area contributed by atoms with Gasteiger partial charge in [0.2, 0.25) is 0 Å². The molecule has 0 spiro atoms. The van der Waals surface area contributed by atoms with Crippen LogP contribution in [0, 0.1) is 18.6 Å². The molecule has 0 aliphatic rings. The molecule has 0 saturated heterocycles. The van der Waals surface area contributed by atoms with Crippen LogP contribution in [0.25, 0.3) is 11.3 Å². The van der Waals surface area contributed by atoms with E-state index in [1.165, 1.54) is 30.3 Å². The number of nitrogens with zero attached hydrogens (tertiary/aromatic N) is 1. The zero-order valence-electron chi connectivity index (χ0n) is 13.9. The topological polar surface area (TPSA) is 55.1 Å². The molecule has 26 heavy (non-hydrogen) atoms. The fourth-order valence-electron chi connectivity index (χ4n) is 2.64. The lowest BCUT2D eigenvalue weighted by molar-refractivity contribution is 0.0953. The molecule has 4 nitrogen and oxygen atoms in total. The lowest BCUT2D eigenvalue weighted by Crippen LogP contribution is -2.26. The number of rotatable bonds is 5. The predicted molar refractivity (Wildman–Crippen MR) is 94.1 cm³/mol. The van der Waals surface area contributed by atoms with Crippen LogP contribution >= 0.6 is 11.6 Å². The molecule has 0 aliphatic heterocycles. The van der Waals surface area contributed by atoms with Crippen LogP contribution in [0.1, 0.15) is 21.7 Å². The van der Waals surface area contributed by atoms with Crippen LogP contribution in [0.4, 0.5) is 8.78 Å². The second-order valence-electron chi connectivity index (χ2n) is 5.69. The third-order valence-corrected chi connectivity index (χ3v) is 4.19. The number of aromatic nitrogens is 1. The van der Waals surface area contributed by atoms with Crippen molar-refractivity contribution in [2.45, 2.75) is 13.3 Å². The summed E-state index contributed by atoms with van der Waals surface area (Å²) in [5, 5.41) is 6.64. The van der Waals surface area contributed by atoms with Crippen LogP contribution in [0.5, 0.6) is 0 Å². The highest BCUT2D eigenvalue weighted by atomic mass is 35.5. The Morgan fingerprint density at radius 3 is 2.73 bits per heavy atom. The van der Waals surface area contributed by atoms with Gasteiger partial charge in [-0.25, -0.2) is 8.78 Å². The highest BCUT2D eigenvalue weighted by Gasteiger charge is 2.25. The molecule has 0 saturated carbocycles. The van der Waals surface area contributed by atoms with Crippen molar-refractivity contribution in [3.05, 3.63) is 76.0 Å². The third-order valence-electron chi connectivity index (χ3n) is 3.88. The number of aryl methyl sites for hydroxylation is 1. The van der Waals surface area contributed by atoms with Crippen molar-refractivity contribution in [2.24, 2.45) is 0 Å². The summed E-state index contributed by atoms with van der Waals surface area (Å²) in [4.78, 5) is 12.5. The molecule has 0 unspecified atom stereocenters. The molecule has 0 bridgehead atoms. The van der Waals surface area contributed by atoms with Crippen LogP contribution < -0.4 is 5.32 Å². The van der Waals surface area contributed by atoms with E-state index in [1.807, 2.05) is 0 Å². The summed E-state index contributed by atoms with van der Waals surface area (Å²) < 4.78 is 32.4. The maximum absolute atomic E-state index is 14.2. The van der Waals surface area contributed by atoms with Gasteiger partial charge >= 0.3 is 0 Å². The number of carbonyl (C=O) groups excluding carboxylic acids is 1. The van der Waals surface area contributed by atoms with Crippen molar-refractivity contribution in [2.75, 3.05) is 6.54 Å². The summed E-state index contributed by atoms with van der Waals surface area (Å²) in [5.41, 5.74) is 0.941. The lowest BCUT2D eigenvalue weighted by atomic mass is 10.0. The molecule has 0 fully saturated rings. The van der Waals surface area contributed by atoms with Gasteiger partial charge in [0.1, 0.15) is 28.7 Å². The van der Waals surface area contributed by atoms with Gasteiger partial charge in [-0.2, -0.15) is 0 Å². The smallest absolute Gasteiger partial charge is 0.257 e. The van der Waals surface area contributed by atoms with E-state index >= 15 is 0 Å². The van der Waals surface area contributed by atoms with Crippen molar-refractivity contribution in [3.63, 3.8) is 0 Å². The van der Waals surface area contributed by atoms with Gasteiger partial charge in [-0.1, -0.05) is 35.0 Å². The Hall–Kier alpha value is -2.73. The summed E-state index contributed by atoms with van der Waals surface area (Å²) in [6.45, 7) is 1.84. The Kier molecular flexibility index (Phi) is 5.32. The molecular weight excluding hydrogens is 362 g/mol. The van der Waals surface area contributed by atoms with E-state index in [9.17, 15) is 13.6 Å². The molecule has 1 aromatic heterocycles. The van der Waals surface area contributed by atoms with Crippen molar-refractivity contribution in [1.82, 2.24) is 10.5 Å². The highest BCUT2D eigenvalue weighted by Crippen LogP contribution is 2.33. The van der Waals surface area contributed by atoms with Crippen LogP contribution in [0.2, 0.25) is 5.02 Å². The first-order chi connectivity index (χ1) is 12.5. The average molecular weight is 377 g/mol. The van der Waals surface area contributed by atoms with Crippen molar-refractivity contribution in [3.8, 4) is 11.3 Å². The number of amides is 1. The fraction of sp³-hybridized carbons (Fsp3) is 0.158. The largest absolute Gasteiger partial charge is 0.360 e. The van der Waals surface area contributed by atoms with E-state index in [4.69, 9.17) is 16.1 Å². The van der Waals surface area contributed by atoms with E-state index in [-0.39, 0.29) is 40.0 Å². The monoisotopic (exact) mass is 376 g/mol. The first kappa shape index (κ1) is 18.1. The zero-order valence-corrected chi connectivity index (χ0v) is 14.6. The van der Waals surface area contributed by atoms with Gasteiger partial charge in [0.25, 0.3) is 5.91 Å². The number of hydrogen-bond acceptors (Lipinski definition) is 3. The molecular formula is C19H15ClF2N2O2.